The molecule has 0 aliphatic carbocycles. The molecule has 1 aromatic carbocycles. The molecule has 1 aliphatic heterocycles. The number of aryl methyl sites for hydroxylation is 3. The number of amides is 1. The van der Waals surface area contributed by atoms with Crippen LogP contribution in [0, 0.1) is 20.8 Å². The van der Waals surface area contributed by atoms with E-state index in [1.807, 2.05) is 39.0 Å². The van der Waals surface area contributed by atoms with Crippen LogP contribution in [0.25, 0.3) is 5.95 Å². The summed E-state index contributed by atoms with van der Waals surface area (Å²) in [6.45, 7) is 5.72. The first-order valence-corrected chi connectivity index (χ1v) is 8.43. The maximum Gasteiger partial charge on any atom is 0.252 e. The van der Waals surface area contributed by atoms with Crippen LogP contribution in [0.15, 0.2) is 30.3 Å². The highest BCUT2D eigenvalue weighted by Gasteiger charge is 2.33. The monoisotopic (exact) mass is 349 g/mol. The molecule has 132 valence electrons. The number of benzene rings is 1. The van der Waals surface area contributed by atoms with Gasteiger partial charge in [0.05, 0.1) is 5.69 Å². The average molecular weight is 349 g/mol. The molecule has 26 heavy (non-hydrogen) atoms. The van der Waals surface area contributed by atoms with Crippen LogP contribution in [0.2, 0.25) is 0 Å². The van der Waals surface area contributed by atoms with Crippen molar-refractivity contribution >= 4 is 11.7 Å². The number of rotatable bonds is 2. The van der Waals surface area contributed by atoms with Gasteiger partial charge in [-0.1, -0.05) is 12.1 Å². The summed E-state index contributed by atoms with van der Waals surface area (Å²) in [6.07, 6.45) is 0.331. The molecular formula is C19H19N5O2. The maximum absolute atomic E-state index is 12.4. The van der Waals surface area contributed by atoms with E-state index in [0.717, 1.165) is 28.2 Å². The predicted octanol–water partition coefficient (Wildman–Crippen LogP) is 2.77. The van der Waals surface area contributed by atoms with Gasteiger partial charge >= 0.3 is 0 Å². The molecule has 0 spiro atoms. The number of hydrogen-bond acceptors (Lipinski definition) is 5. The van der Waals surface area contributed by atoms with Crippen molar-refractivity contribution < 1.29 is 9.90 Å². The molecule has 7 nitrogen and oxygen atoms in total. The van der Waals surface area contributed by atoms with Crippen LogP contribution in [0.1, 0.15) is 40.5 Å². The molecular weight excluding hydrogens is 330 g/mol. The van der Waals surface area contributed by atoms with Gasteiger partial charge in [-0.15, -0.1) is 0 Å². The Morgan fingerprint density at radius 3 is 2.42 bits per heavy atom. The van der Waals surface area contributed by atoms with E-state index in [4.69, 9.17) is 0 Å². The highest BCUT2D eigenvalue weighted by Crippen LogP contribution is 2.40. The fourth-order valence-electron chi connectivity index (χ4n) is 3.49. The number of phenolic OH excluding ortho intramolecular Hbond substituents is 1. The maximum atomic E-state index is 12.4. The Morgan fingerprint density at radius 1 is 1.12 bits per heavy atom. The lowest BCUT2D eigenvalue weighted by Crippen LogP contribution is -2.25. The lowest BCUT2D eigenvalue weighted by atomic mass is 9.86. The van der Waals surface area contributed by atoms with Crippen molar-refractivity contribution in [2.24, 2.45) is 0 Å². The fourth-order valence-corrected chi connectivity index (χ4v) is 3.49. The van der Waals surface area contributed by atoms with Gasteiger partial charge in [0.15, 0.2) is 0 Å². The smallest absolute Gasteiger partial charge is 0.252 e. The number of carbonyl (C=O) groups excluding carboxylic acids is 1. The Labute approximate surface area is 150 Å². The largest absolute Gasteiger partial charge is 0.508 e. The molecule has 1 amide bonds. The number of carbonyl (C=O) groups is 1. The van der Waals surface area contributed by atoms with Crippen molar-refractivity contribution in [1.82, 2.24) is 19.7 Å². The van der Waals surface area contributed by atoms with Gasteiger partial charge in [0, 0.05) is 29.3 Å². The van der Waals surface area contributed by atoms with Crippen LogP contribution in [-0.4, -0.2) is 30.8 Å². The van der Waals surface area contributed by atoms with Crippen LogP contribution in [0.4, 0.5) is 5.82 Å². The van der Waals surface area contributed by atoms with Crippen molar-refractivity contribution in [3.8, 4) is 11.7 Å². The topological polar surface area (TPSA) is 92.9 Å². The second kappa shape index (κ2) is 5.94. The summed E-state index contributed by atoms with van der Waals surface area (Å²) in [4.78, 5) is 21.3. The van der Waals surface area contributed by atoms with Gasteiger partial charge in [0.2, 0.25) is 5.91 Å². The minimum absolute atomic E-state index is 0.0823. The summed E-state index contributed by atoms with van der Waals surface area (Å²) in [6, 6.07) is 8.84. The van der Waals surface area contributed by atoms with Gasteiger partial charge in [0.1, 0.15) is 11.6 Å². The summed E-state index contributed by atoms with van der Waals surface area (Å²) in [5.74, 6) is 1.05. The number of fused-ring (bicyclic) bond motifs is 1. The first-order valence-electron chi connectivity index (χ1n) is 8.43. The molecule has 7 heteroatoms. The van der Waals surface area contributed by atoms with Crippen molar-refractivity contribution in [3.05, 3.63) is 58.5 Å². The first kappa shape index (κ1) is 16.3. The van der Waals surface area contributed by atoms with Gasteiger partial charge in [-0.3, -0.25) is 4.79 Å². The van der Waals surface area contributed by atoms with Crippen molar-refractivity contribution in [3.63, 3.8) is 0 Å². The molecule has 0 unspecified atom stereocenters. The zero-order chi connectivity index (χ0) is 18.4. The number of nitrogens with zero attached hydrogens (tertiary/aromatic N) is 4. The number of aromatic nitrogens is 4. The zero-order valence-electron chi connectivity index (χ0n) is 14.8. The van der Waals surface area contributed by atoms with Gasteiger partial charge < -0.3 is 10.4 Å². The Kier molecular flexibility index (Phi) is 3.72. The minimum Gasteiger partial charge on any atom is -0.508 e. The van der Waals surface area contributed by atoms with E-state index in [1.54, 1.807) is 16.8 Å². The van der Waals surface area contributed by atoms with E-state index >= 15 is 0 Å². The van der Waals surface area contributed by atoms with Gasteiger partial charge in [-0.05, 0) is 44.5 Å². The Bertz CT molecular complexity index is 987. The highest BCUT2D eigenvalue weighted by atomic mass is 16.3. The standard InChI is InChI=1S/C19H19N5O2/c1-10-8-11(2)21-19(20-10)24-18-17(12(3)23-24)15(9-16(26)22-18)13-4-6-14(25)7-5-13/h4-8,15,25H,9H2,1-3H3,(H,22,26)/t15-/m1/s1. The van der Waals surface area contributed by atoms with E-state index < -0.39 is 0 Å². The zero-order valence-corrected chi connectivity index (χ0v) is 14.8. The number of aromatic hydroxyl groups is 1. The Morgan fingerprint density at radius 2 is 1.77 bits per heavy atom. The number of phenols is 1. The second-order valence-electron chi connectivity index (χ2n) is 6.61. The van der Waals surface area contributed by atoms with Crippen LogP contribution >= 0.6 is 0 Å². The second-order valence-corrected chi connectivity index (χ2v) is 6.61. The summed E-state index contributed by atoms with van der Waals surface area (Å²) < 4.78 is 1.61. The van der Waals surface area contributed by atoms with E-state index in [-0.39, 0.29) is 17.6 Å². The quantitative estimate of drug-likeness (QED) is 0.742. The Hall–Kier alpha value is -3.22. The lowest BCUT2D eigenvalue weighted by Gasteiger charge is -2.24. The number of anilines is 1. The molecule has 0 saturated carbocycles. The summed E-state index contributed by atoms with van der Waals surface area (Å²) in [5.41, 5.74) is 4.42. The van der Waals surface area contributed by atoms with E-state index in [1.165, 1.54) is 0 Å². The predicted molar refractivity (Wildman–Crippen MR) is 96.6 cm³/mol. The summed E-state index contributed by atoms with van der Waals surface area (Å²) >= 11 is 0. The minimum atomic E-state index is -0.126. The molecule has 0 bridgehead atoms. The van der Waals surface area contributed by atoms with Crippen molar-refractivity contribution in [2.45, 2.75) is 33.1 Å². The molecule has 3 aromatic rings. The summed E-state index contributed by atoms with van der Waals surface area (Å²) in [7, 11) is 0. The molecule has 3 heterocycles. The third-order valence-electron chi connectivity index (χ3n) is 4.56. The number of nitrogens with one attached hydrogen (secondary N) is 1. The fraction of sp³-hybridized carbons (Fsp3) is 0.263. The lowest BCUT2D eigenvalue weighted by molar-refractivity contribution is -0.116. The summed E-state index contributed by atoms with van der Waals surface area (Å²) in [5, 5.41) is 17.1. The molecule has 2 N–H and O–H groups in total. The molecule has 1 aliphatic rings. The highest BCUT2D eigenvalue weighted by molar-refractivity contribution is 5.95. The van der Waals surface area contributed by atoms with E-state index in [9.17, 15) is 9.90 Å². The normalized spacial score (nSPS) is 16.3. The molecule has 4 rings (SSSR count). The van der Waals surface area contributed by atoms with Crippen LogP contribution in [0.3, 0.4) is 0 Å². The van der Waals surface area contributed by atoms with E-state index in [0.29, 0.717) is 18.2 Å². The van der Waals surface area contributed by atoms with Crippen molar-refractivity contribution in [1.29, 1.82) is 0 Å². The average Bonchev–Trinajstić information content (AvgIpc) is 2.91. The number of hydrogen-bond donors (Lipinski definition) is 2. The van der Waals surface area contributed by atoms with Crippen molar-refractivity contribution in [2.75, 3.05) is 5.32 Å². The SMILES string of the molecule is Cc1cc(C)nc(-n2nc(C)c3c2NC(=O)C[C@@H]3c2ccc(O)cc2)n1. The van der Waals surface area contributed by atoms with Crippen LogP contribution < -0.4 is 5.32 Å². The molecule has 0 saturated heterocycles. The first-order chi connectivity index (χ1) is 12.4. The van der Waals surface area contributed by atoms with Gasteiger partial charge in [-0.2, -0.15) is 9.78 Å². The third kappa shape index (κ3) is 2.71. The van der Waals surface area contributed by atoms with Gasteiger partial charge in [-0.25, -0.2) is 9.97 Å². The third-order valence-corrected chi connectivity index (χ3v) is 4.56. The molecule has 0 fully saturated rings. The van der Waals surface area contributed by atoms with Gasteiger partial charge in [0.25, 0.3) is 5.95 Å². The van der Waals surface area contributed by atoms with Crippen LogP contribution in [0.5, 0.6) is 5.75 Å². The van der Waals surface area contributed by atoms with Crippen LogP contribution in [-0.2, 0) is 4.79 Å². The van der Waals surface area contributed by atoms with E-state index in [2.05, 4.69) is 20.4 Å². The Balaban J connectivity index is 1.88. The molecule has 0 radical (unpaired) electrons. The molecule has 1 atom stereocenters. The molecule has 2 aromatic heterocycles.